The van der Waals surface area contributed by atoms with Crippen molar-refractivity contribution in [2.45, 2.75) is 44.7 Å². The third-order valence-corrected chi connectivity index (χ3v) is 5.22. The molecule has 0 radical (unpaired) electrons. The molecular formula is C21H26FN5O2. The van der Waals surface area contributed by atoms with E-state index in [0.29, 0.717) is 47.8 Å². The number of halogens is 1. The Morgan fingerprint density at radius 1 is 1.34 bits per heavy atom. The van der Waals surface area contributed by atoms with E-state index in [1.807, 2.05) is 22.6 Å². The molecule has 0 aliphatic carbocycles. The number of imidazole rings is 1. The Hall–Kier alpha value is -2.55. The summed E-state index contributed by atoms with van der Waals surface area (Å²) in [6, 6.07) is 7.40. The highest BCUT2D eigenvalue weighted by atomic mass is 19.1. The number of pyridine rings is 2. The molecule has 0 bridgehead atoms. The summed E-state index contributed by atoms with van der Waals surface area (Å²) in [5.74, 6) is 0.674. The van der Waals surface area contributed by atoms with E-state index in [1.165, 1.54) is 0 Å². The first-order valence-electron chi connectivity index (χ1n) is 9.77. The minimum Gasteiger partial charge on any atom is -0.392 e. The van der Waals surface area contributed by atoms with Crippen molar-refractivity contribution in [1.82, 2.24) is 19.7 Å². The number of nitrogens with one attached hydrogen (secondary N) is 2. The van der Waals surface area contributed by atoms with Gasteiger partial charge in [0.15, 0.2) is 0 Å². The van der Waals surface area contributed by atoms with E-state index >= 15 is 0 Å². The molecule has 154 valence electrons. The van der Waals surface area contributed by atoms with Gasteiger partial charge in [-0.15, -0.1) is 0 Å². The van der Waals surface area contributed by atoms with Crippen LogP contribution in [-0.4, -0.2) is 49.9 Å². The van der Waals surface area contributed by atoms with Gasteiger partial charge in [0.1, 0.15) is 17.6 Å². The van der Waals surface area contributed by atoms with E-state index in [9.17, 15) is 14.6 Å². The molecule has 7 nitrogen and oxygen atoms in total. The van der Waals surface area contributed by atoms with Crippen molar-refractivity contribution in [2.75, 3.05) is 18.4 Å². The highest BCUT2D eigenvalue weighted by Gasteiger charge is 2.23. The van der Waals surface area contributed by atoms with Gasteiger partial charge in [-0.05, 0) is 37.6 Å². The smallest absolute Gasteiger partial charge is 0.137 e. The number of rotatable bonds is 5. The van der Waals surface area contributed by atoms with Crippen LogP contribution in [0.1, 0.15) is 31.4 Å². The van der Waals surface area contributed by atoms with Gasteiger partial charge < -0.3 is 20.8 Å². The lowest BCUT2D eigenvalue weighted by molar-refractivity contribution is 0.0755. The molecule has 3 aromatic rings. The third kappa shape index (κ3) is 4.10. The highest BCUT2D eigenvalue weighted by Crippen LogP contribution is 2.28. The van der Waals surface area contributed by atoms with Gasteiger partial charge in [0.2, 0.25) is 0 Å². The van der Waals surface area contributed by atoms with Gasteiger partial charge in [-0.2, -0.15) is 0 Å². The maximum atomic E-state index is 13.6. The standard InChI is InChI=1S/C21H26FN5O2/c1-21(2,29)16-11-27-18(10-24-20(27)6-13(16)12-28)17-4-3-5-19(26-17)25-15-7-14(22)8-23-9-15/h3-6,10-11,14-15,23,28-29H,7-9,12H2,1-2H3,(H,25,26)/t14-,15+/m0/s1. The zero-order valence-corrected chi connectivity index (χ0v) is 16.6. The fourth-order valence-electron chi connectivity index (χ4n) is 3.80. The lowest BCUT2D eigenvalue weighted by Gasteiger charge is -2.26. The fraction of sp³-hybridized carbons (Fsp3) is 0.429. The zero-order valence-electron chi connectivity index (χ0n) is 16.6. The number of piperidine rings is 1. The predicted octanol–water partition coefficient (Wildman–Crippen LogP) is 2.23. The van der Waals surface area contributed by atoms with E-state index in [4.69, 9.17) is 0 Å². The van der Waals surface area contributed by atoms with Gasteiger partial charge in [0.25, 0.3) is 0 Å². The van der Waals surface area contributed by atoms with Gasteiger partial charge >= 0.3 is 0 Å². The minimum atomic E-state index is -1.11. The number of nitrogens with zero attached hydrogens (tertiary/aromatic N) is 3. The molecule has 3 aromatic heterocycles. The van der Waals surface area contributed by atoms with E-state index in [-0.39, 0.29) is 12.6 Å². The molecule has 29 heavy (non-hydrogen) atoms. The van der Waals surface area contributed by atoms with Crippen LogP contribution >= 0.6 is 0 Å². The van der Waals surface area contributed by atoms with Gasteiger partial charge in [-0.3, -0.25) is 4.40 Å². The number of anilines is 1. The molecule has 0 aromatic carbocycles. The number of fused-ring (bicyclic) bond motifs is 1. The normalized spacial score (nSPS) is 20.2. The fourth-order valence-corrected chi connectivity index (χ4v) is 3.80. The Balaban J connectivity index is 1.69. The van der Waals surface area contributed by atoms with Crippen molar-refractivity contribution in [2.24, 2.45) is 0 Å². The number of hydrogen-bond donors (Lipinski definition) is 4. The molecule has 1 aliphatic rings. The van der Waals surface area contributed by atoms with E-state index in [1.54, 1.807) is 32.3 Å². The molecule has 0 amide bonds. The Labute approximate surface area is 168 Å². The third-order valence-electron chi connectivity index (χ3n) is 5.22. The van der Waals surface area contributed by atoms with Crippen molar-refractivity contribution in [3.05, 3.63) is 47.8 Å². The summed E-state index contributed by atoms with van der Waals surface area (Å²) in [7, 11) is 0. The number of aliphatic hydroxyl groups excluding tert-OH is 1. The summed E-state index contributed by atoms with van der Waals surface area (Å²) < 4.78 is 15.5. The monoisotopic (exact) mass is 399 g/mol. The Bertz CT molecular complexity index is 1010. The molecule has 4 rings (SSSR count). The molecule has 1 aliphatic heterocycles. The van der Waals surface area contributed by atoms with Crippen LogP contribution in [0.25, 0.3) is 17.0 Å². The van der Waals surface area contributed by atoms with Crippen LogP contribution in [0.3, 0.4) is 0 Å². The second-order valence-electron chi connectivity index (χ2n) is 8.04. The topological polar surface area (TPSA) is 94.7 Å². The number of alkyl halides is 1. The van der Waals surface area contributed by atoms with Crippen molar-refractivity contribution in [1.29, 1.82) is 0 Å². The number of aromatic nitrogens is 3. The Morgan fingerprint density at radius 3 is 2.90 bits per heavy atom. The van der Waals surface area contributed by atoms with Crippen molar-refractivity contribution < 1.29 is 14.6 Å². The number of aliphatic hydroxyl groups is 2. The molecule has 1 saturated heterocycles. The molecule has 1 fully saturated rings. The van der Waals surface area contributed by atoms with E-state index in [2.05, 4.69) is 20.6 Å². The largest absolute Gasteiger partial charge is 0.392 e. The molecule has 0 unspecified atom stereocenters. The summed E-state index contributed by atoms with van der Waals surface area (Å²) in [4.78, 5) is 9.12. The van der Waals surface area contributed by atoms with Crippen LogP contribution in [0.2, 0.25) is 0 Å². The number of hydrogen-bond acceptors (Lipinski definition) is 6. The molecule has 4 heterocycles. The molecular weight excluding hydrogens is 373 g/mol. The van der Waals surface area contributed by atoms with Crippen LogP contribution in [-0.2, 0) is 12.2 Å². The van der Waals surface area contributed by atoms with Crippen molar-refractivity contribution >= 4 is 11.5 Å². The Kier molecular flexibility index (Phi) is 5.24. The Morgan fingerprint density at radius 2 is 2.17 bits per heavy atom. The first-order valence-corrected chi connectivity index (χ1v) is 9.77. The van der Waals surface area contributed by atoms with Gasteiger partial charge in [0, 0.05) is 37.3 Å². The van der Waals surface area contributed by atoms with Crippen molar-refractivity contribution in [3.63, 3.8) is 0 Å². The van der Waals surface area contributed by atoms with Crippen LogP contribution in [0, 0.1) is 0 Å². The zero-order chi connectivity index (χ0) is 20.6. The van der Waals surface area contributed by atoms with Gasteiger partial charge in [-0.25, -0.2) is 14.4 Å². The SMILES string of the molecule is CC(C)(O)c1cn2c(-c3cccc(N[C@H]4CNC[C@@H](F)C4)n3)cnc2cc1CO. The molecule has 8 heteroatoms. The van der Waals surface area contributed by atoms with Crippen molar-refractivity contribution in [3.8, 4) is 11.4 Å². The van der Waals surface area contributed by atoms with Crippen LogP contribution < -0.4 is 10.6 Å². The highest BCUT2D eigenvalue weighted by molar-refractivity contribution is 5.63. The average Bonchev–Trinajstić information content (AvgIpc) is 3.09. The van der Waals surface area contributed by atoms with E-state index < -0.39 is 11.8 Å². The minimum absolute atomic E-state index is 0.0161. The molecule has 4 N–H and O–H groups in total. The average molecular weight is 399 g/mol. The van der Waals surface area contributed by atoms with E-state index in [0.717, 1.165) is 5.69 Å². The maximum Gasteiger partial charge on any atom is 0.137 e. The van der Waals surface area contributed by atoms with Crippen LogP contribution in [0.5, 0.6) is 0 Å². The van der Waals surface area contributed by atoms with Crippen LogP contribution in [0.15, 0.2) is 36.7 Å². The molecule has 0 saturated carbocycles. The first kappa shape index (κ1) is 19.8. The second-order valence-corrected chi connectivity index (χ2v) is 8.04. The second kappa shape index (κ2) is 7.70. The lowest BCUT2D eigenvalue weighted by Crippen LogP contribution is -2.44. The summed E-state index contributed by atoms with van der Waals surface area (Å²) in [5, 5.41) is 26.6. The summed E-state index contributed by atoms with van der Waals surface area (Å²) in [6.07, 6.45) is 3.11. The van der Waals surface area contributed by atoms with Gasteiger partial charge in [-0.1, -0.05) is 6.07 Å². The molecule has 0 spiro atoms. The maximum absolute atomic E-state index is 13.6. The summed E-state index contributed by atoms with van der Waals surface area (Å²) in [5.41, 5.74) is 2.29. The summed E-state index contributed by atoms with van der Waals surface area (Å²) in [6.45, 7) is 4.28. The quantitative estimate of drug-likeness (QED) is 0.526. The predicted molar refractivity (Wildman–Crippen MR) is 109 cm³/mol. The van der Waals surface area contributed by atoms with Gasteiger partial charge in [0.05, 0.1) is 29.8 Å². The first-order chi connectivity index (χ1) is 13.8. The summed E-state index contributed by atoms with van der Waals surface area (Å²) >= 11 is 0. The van der Waals surface area contributed by atoms with Crippen LogP contribution in [0.4, 0.5) is 10.2 Å². The lowest BCUT2D eigenvalue weighted by atomic mass is 9.95. The molecule has 2 atom stereocenters.